The van der Waals surface area contributed by atoms with Crippen LogP contribution in [0.1, 0.15) is 31.6 Å². The third-order valence-corrected chi connectivity index (χ3v) is 6.78. The number of ether oxygens (including phenoxy) is 2. The van der Waals surface area contributed by atoms with Crippen molar-refractivity contribution in [3.8, 4) is 17.1 Å². The highest BCUT2D eigenvalue weighted by Crippen LogP contribution is 2.33. The molecule has 2 aliphatic heterocycles. The van der Waals surface area contributed by atoms with E-state index in [1.54, 1.807) is 14.0 Å². The van der Waals surface area contributed by atoms with Crippen molar-refractivity contribution in [1.82, 2.24) is 24.8 Å². The number of carbonyl (C=O) groups is 1. The average Bonchev–Trinajstić information content (AvgIpc) is 3.47. The highest BCUT2D eigenvalue weighted by molar-refractivity contribution is 5.85. The second-order valence-electron chi connectivity index (χ2n) is 8.97. The number of pyridine rings is 1. The maximum atomic E-state index is 12.5. The molecule has 0 spiro atoms. The summed E-state index contributed by atoms with van der Waals surface area (Å²) in [6.07, 6.45) is 3.78. The molecule has 4 heterocycles. The molecule has 174 valence electrons. The van der Waals surface area contributed by atoms with Crippen LogP contribution in [0.2, 0.25) is 0 Å². The first-order valence-corrected chi connectivity index (χ1v) is 11.7. The Morgan fingerprint density at radius 3 is 2.91 bits per heavy atom. The molecule has 2 saturated heterocycles. The molecular weight excluding hydrogens is 418 g/mol. The second kappa shape index (κ2) is 9.49. The van der Waals surface area contributed by atoms with Crippen molar-refractivity contribution in [2.45, 2.75) is 25.8 Å². The van der Waals surface area contributed by atoms with Crippen molar-refractivity contribution in [2.75, 3.05) is 46.5 Å². The Bertz CT molecular complexity index is 1120. The third kappa shape index (κ3) is 4.58. The summed E-state index contributed by atoms with van der Waals surface area (Å²) in [6, 6.07) is 9.96. The molecule has 2 fully saturated rings. The zero-order valence-corrected chi connectivity index (χ0v) is 19.3. The van der Waals surface area contributed by atoms with Crippen LogP contribution in [0.5, 0.6) is 5.88 Å². The molecule has 2 atom stereocenters. The van der Waals surface area contributed by atoms with E-state index in [4.69, 9.17) is 14.5 Å². The minimum absolute atomic E-state index is 0.0777. The minimum atomic E-state index is -0.0829. The van der Waals surface area contributed by atoms with Crippen molar-refractivity contribution in [3.63, 3.8) is 0 Å². The van der Waals surface area contributed by atoms with E-state index in [9.17, 15) is 4.79 Å². The van der Waals surface area contributed by atoms with Crippen molar-refractivity contribution in [1.29, 1.82) is 0 Å². The molecule has 2 unspecified atom stereocenters. The summed E-state index contributed by atoms with van der Waals surface area (Å²) >= 11 is 0. The first kappa shape index (κ1) is 21.9. The van der Waals surface area contributed by atoms with Crippen LogP contribution in [0.25, 0.3) is 22.2 Å². The van der Waals surface area contributed by atoms with Gasteiger partial charge < -0.3 is 24.3 Å². The maximum Gasteiger partial charge on any atom is 0.223 e. The van der Waals surface area contributed by atoms with Gasteiger partial charge in [-0.1, -0.05) is 18.2 Å². The number of hydrogen-bond acceptors (Lipinski definition) is 6. The number of benzene rings is 1. The molecule has 0 saturated carbocycles. The third-order valence-electron chi connectivity index (χ3n) is 6.78. The number of hydrogen-bond donors (Lipinski definition) is 1. The lowest BCUT2D eigenvalue weighted by Crippen LogP contribution is -2.37. The van der Waals surface area contributed by atoms with E-state index in [-0.39, 0.29) is 11.9 Å². The number of aromatic nitrogens is 3. The lowest BCUT2D eigenvalue weighted by molar-refractivity contribution is -0.131. The molecule has 0 radical (unpaired) electrons. The van der Waals surface area contributed by atoms with E-state index in [1.165, 1.54) is 0 Å². The molecule has 8 nitrogen and oxygen atoms in total. The highest BCUT2D eigenvalue weighted by atomic mass is 16.5. The van der Waals surface area contributed by atoms with Crippen LogP contribution in [-0.2, 0) is 9.53 Å². The van der Waals surface area contributed by atoms with Gasteiger partial charge in [-0.15, -0.1) is 0 Å². The Hall–Kier alpha value is -2.97. The first-order valence-electron chi connectivity index (χ1n) is 11.7. The van der Waals surface area contributed by atoms with Gasteiger partial charge in [0.1, 0.15) is 5.82 Å². The van der Waals surface area contributed by atoms with Gasteiger partial charge in [0.2, 0.25) is 11.8 Å². The van der Waals surface area contributed by atoms with Gasteiger partial charge in [-0.05, 0) is 30.9 Å². The van der Waals surface area contributed by atoms with Gasteiger partial charge in [-0.3, -0.25) is 4.79 Å². The van der Waals surface area contributed by atoms with Gasteiger partial charge in [-0.2, -0.15) is 0 Å². The Morgan fingerprint density at radius 2 is 2.12 bits per heavy atom. The van der Waals surface area contributed by atoms with E-state index in [1.807, 2.05) is 35.4 Å². The number of methoxy groups -OCH3 is 1. The van der Waals surface area contributed by atoms with Crippen LogP contribution in [0.3, 0.4) is 0 Å². The van der Waals surface area contributed by atoms with Crippen molar-refractivity contribution in [3.05, 3.63) is 42.4 Å². The number of nitrogens with one attached hydrogen (secondary N) is 1. The van der Waals surface area contributed by atoms with Crippen molar-refractivity contribution >= 4 is 16.8 Å². The van der Waals surface area contributed by atoms with E-state index in [0.29, 0.717) is 18.3 Å². The minimum Gasteiger partial charge on any atom is -0.480 e. The van der Waals surface area contributed by atoms with Gasteiger partial charge in [0.25, 0.3) is 0 Å². The van der Waals surface area contributed by atoms with Crippen LogP contribution in [0, 0.1) is 5.92 Å². The molecule has 0 aliphatic carbocycles. The standard InChI is InChI=1S/C25H31N5O3/c1-17(31)30-11-10-29(15-18-8-12-33-16-18)9-7-23(30)24-26-14-22(27-24)20-13-19-5-3-4-6-21(19)28-25(20)32-2/h3-6,13-14,18,23H,7-12,15-16H2,1-2H3,(H,26,27). The number of aromatic amines is 1. The second-order valence-corrected chi connectivity index (χ2v) is 8.97. The van der Waals surface area contributed by atoms with Gasteiger partial charge in [0.05, 0.1) is 42.7 Å². The van der Waals surface area contributed by atoms with Crippen molar-refractivity contribution < 1.29 is 14.3 Å². The summed E-state index contributed by atoms with van der Waals surface area (Å²) in [5.41, 5.74) is 2.59. The molecule has 5 rings (SSSR count). The monoisotopic (exact) mass is 449 g/mol. The topological polar surface area (TPSA) is 83.6 Å². The predicted octanol–water partition coefficient (Wildman–Crippen LogP) is 3.27. The Kier molecular flexibility index (Phi) is 6.28. The lowest BCUT2D eigenvalue weighted by Gasteiger charge is -2.27. The van der Waals surface area contributed by atoms with Gasteiger partial charge >= 0.3 is 0 Å². The fraction of sp³-hybridized carbons (Fsp3) is 0.480. The number of fused-ring (bicyclic) bond motifs is 1. The largest absolute Gasteiger partial charge is 0.480 e. The number of nitrogens with zero attached hydrogens (tertiary/aromatic N) is 4. The molecule has 1 N–H and O–H groups in total. The normalized spacial score (nSPS) is 21.9. The van der Waals surface area contributed by atoms with Crippen LogP contribution < -0.4 is 4.74 Å². The Balaban J connectivity index is 1.40. The van der Waals surface area contributed by atoms with E-state index < -0.39 is 0 Å². The van der Waals surface area contributed by atoms with E-state index >= 15 is 0 Å². The zero-order chi connectivity index (χ0) is 22.8. The SMILES string of the molecule is COc1nc2ccccc2cc1-c1cnc(C2CCN(CC3CCOC3)CCN2C(C)=O)[nH]1. The molecule has 1 amide bonds. The molecule has 8 heteroatoms. The molecular formula is C25H31N5O3. The van der Waals surface area contributed by atoms with E-state index in [0.717, 1.165) is 73.7 Å². The Labute approximate surface area is 193 Å². The molecule has 2 aliphatic rings. The molecule has 0 bridgehead atoms. The summed E-state index contributed by atoms with van der Waals surface area (Å²) in [7, 11) is 1.63. The summed E-state index contributed by atoms with van der Waals surface area (Å²) < 4.78 is 11.1. The summed E-state index contributed by atoms with van der Waals surface area (Å²) in [6.45, 7) is 6.90. The van der Waals surface area contributed by atoms with Crippen LogP contribution >= 0.6 is 0 Å². The van der Waals surface area contributed by atoms with Gasteiger partial charge in [-0.25, -0.2) is 9.97 Å². The van der Waals surface area contributed by atoms with Gasteiger partial charge in [0, 0.05) is 45.1 Å². The summed E-state index contributed by atoms with van der Waals surface area (Å²) in [4.78, 5) is 29.8. The first-order chi connectivity index (χ1) is 16.1. The van der Waals surface area contributed by atoms with E-state index in [2.05, 4.69) is 20.9 Å². The van der Waals surface area contributed by atoms with Crippen molar-refractivity contribution in [2.24, 2.45) is 5.92 Å². The molecule has 2 aromatic heterocycles. The summed E-state index contributed by atoms with van der Waals surface area (Å²) in [5.74, 6) is 2.03. The molecule has 33 heavy (non-hydrogen) atoms. The highest BCUT2D eigenvalue weighted by Gasteiger charge is 2.30. The Morgan fingerprint density at radius 1 is 1.24 bits per heavy atom. The molecule has 1 aromatic carbocycles. The van der Waals surface area contributed by atoms with Crippen LogP contribution in [-0.4, -0.2) is 77.2 Å². The smallest absolute Gasteiger partial charge is 0.223 e. The zero-order valence-electron chi connectivity index (χ0n) is 19.3. The molecule has 3 aromatic rings. The quantitative estimate of drug-likeness (QED) is 0.644. The fourth-order valence-corrected chi connectivity index (χ4v) is 5.00. The summed E-state index contributed by atoms with van der Waals surface area (Å²) in [5, 5.41) is 1.04. The van der Waals surface area contributed by atoms with Crippen LogP contribution in [0.4, 0.5) is 0 Å². The number of amides is 1. The number of carbonyl (C=O) groups excluding carboxylic acids is 1. The number of rotatable bonds is 5. The number of para-hydroxylation sites is 1. The lowest BCUT2D eigenvalue weighted by atomic mass is 10.1. The van der Waals surface area contributed by atoms with Gasteiger partial charge in [0.15, 0.2) is 0 Å². The predicted molar refractivity (Wildman–Crippen MR) is 126 cm³/mol. The van der Waals surface area contributed by atoms with Crippen LogP contribution in [0.15, 0.2) is 36.5 Å². The average molecular weight is 450 g/mol. The number of imidazole rings is 1. The number of H-pyrrole nitrogens is 1. The fourth-order valence-electron chi connectivity index (χ4n) is 5.00. The maximum absolute atomic E-state index is 12.5.